The van der Waals surface area contributed by atoms with Gasteiger partial charge in [0.25, 0.3) is 0 Å². The quantitative estimate of drug-likeness (QED) is 0.442. The Morgan fingerprint density at radius 1 is 2.00 bits per heavy atom. The van der Waals surface area contributed by atoms with Crippen molar-refractivity contribution in [2.75, 3.05) is 6.26 Å². The third-order valence-electron chi connectivity index (χ3n) is 0. The number of hydrogen-bond acceptors (Lipinski definition) is 1. The lowest BCUT2D eigenvalue weighted by molar-refractivity contribution is 2.01. The molecule has 0 aliphatic rings. The zero-order valence-electron chi connectivity index (χ0n) is 2.39. The van der Waals surface area contributed by atoms with E-state index in [1.54, 1.807) is 6.26 Å². The second-order valence-corrected chi connectivity index (χ2v) is 3.07. The Balaban J connectivity index is 2.80. The predicted molar refractivity (Wildman–Crippen MR) is 24.8 cm³/mol. The molecule has 0 amide bonds. The Morgan fingerprint density at radius 3 is 2.00 bits per heavy atom. The molecule has 3 heteroatoms. The number of hydrogen-bond donors (Lipinski definition) is 1. The Labute approximate surface area is 32.9 Å². The molecule has 0 fully saturated rings. The van der Waals surface area contributed by atoms with Crippen LogP contribution >= 0.6 is 0 Å². The Morgan fingerprint density at radius 2 is 2.00 bits per heavy atom. The van der Waals surface area contributed by atoms with E-state index in [9.17, 15) is 0 Å². The van der Waals surface area contributed by atoms with Gasteiger partial charge < -0.3 is 0 Å². The van der Waals surface area contributed by atoms with Gasteiger partial charge in [-0.3, -0.25) is 5.14 Å². The van der Waals surface area contributed by atoms with Crippen molar-refractivity contribution in [1.29, 1.82) is 0 Å². The van der Waals surface area contributed by atoms with E-state index in [-0.39, 0.29) is 9.64 Å². The van der Waals surface area contributed by atoms with Gasteiger partial charge in [-0.05, 0) is 17.4 Å². The molecule has 0 aliphatic carbocycles. The van der Waals surface area contributed by atoms with E-state index in [1.807, 2.05) is 0 Å². The van der Waals surface area contributed by atoms with Gasteiger partial charge in [-0.2, -0.15) is 0 Å². The Hall–Kier alpha value is 0.530. The van der Waals surface area contributed by atoms with Crippen molar-refractivity contribution in [2.45, 2.75) is 0 Å². The summed E-state index contributed by atoms with van der Waals surface area (Å²) in [5.41, 5.74) is 0. The second-order valence-electron chi connectivity index (χ2n) is 0.499. The van der Waals surface area contributed by atoms with Crippen molar-refractivity contribution in [3.8, 4) is 0 Å². The summed E-state index contributed by atoms with van der Waals surface area (Å²) in [7, 11) is -0.278. The SMILES string of the molecule is CS(N)=S. The molecule has 0 rings (SSSR count). The largest absolute Gasteiger partial charge is 0.275 e. The van der Waals surface area contributed by atoms with Gasteiger partial charge in [0.2, 0.25) is 0 Å². The highest BCUT2D eigenvalue weighted by molar-refractivity contribution is 8.27. The highest BCUT2D eigenvalue weighted by atomic mass is 32.8. The minimum atomic E-state index is -0.278. The molecule has 0 heterocycles. The molecule has 1 unspecified atom stereocenters. The second kappa shape index (κ2) is 1.81. The Bertz CT molecular complexity index is 29.0. The van der Waals surface area contributed by atoms with Crippen LogP contribution in [0, 0.1) is 0 Å². The van der Waals surface area contributed by atoms with Gasteiger partial charge in [-0.1, -0.05) is 9.64 Å². The van der Waals surface area contributed by atoms with Crippen LogP contribution in [-0.2, 0) is 20.8 Å². The first-order valence-corrected chi connectivity index (χ1v) is 3.43. The number of nitrogens with two attached hydrogens (primary N) is 1. The van der Waals surface area contributed by atoms with E-state index >= 15 is 0 Å². The molecule has 0 aromatic carbocycles. The zero-order valence-corrected chi connectivity index (χ0v) is 4.03. The molecule has 0 spiro atoms. The van der Waals surface area contributed by atoms with Crippen molar-refractivity contribution in [2.24, 2.45) is 5.14 Å². The average Bonchev–Trinajstić information content (AvgIpc) is 0.811. The fourth-order valence-electron chi connectivity index (χ4n) is 0. The standard InChI is InChI=1S/CH5NS2/c1-4(2)3/h2H2,1H3. The van der Waals surface area contributed by atoms with Crippen molar-refractivity contribution in [3.63, 3.8) is 0 Å². The van der Waals surface area contributed by atoms with Gasteiger partial charge in [-0.15, -0.1) is 0 Å². The highest BCUT2D eigenvalue weighted by Gasteiger charge is 1.50. The first-order valence-electron chi connectivity index (χ1n) is 0.811. The molecule has 0 aromatic rings. The fourth-order valence-corrected chi connectivity index (χ4v) is 0. The van der Waals surface area contributed by atoms with Crippen LogP contribution in [-0.4, -0.2) is 6.26 Å². The maximum absolute atomic E-state index is 4.95. The van der Waals surface area contributed by atoms with Crippen LogP contribution in [0.15, 0.2) is 0 Å². The number of rotatable bonds is 0. The van der Waals surface area contributed by atoms with Gasteiger partial charge in [0, 0.05) is 0 Å². The van der Waals surface area contributed by atoms with Crippen LogP contribution in [0.3, 0.4) is 0 Å². The predicted octanol–water partition coefficient (Wildman–Crippen LogP) is -0.430. The summed E-state index contributed by atoms with van der Waals surface area (Å²) >= 11 is 4.43. The van der Waals surface area contributed by atoms with Gasteiger partial charge in [0.1, 0.15) is 0 Å². The molecule has 0 aliphatic heterocycles. The lowest BCUT2D eigenvalue weighted by Gasteiger charge is -1.68. The van der Waals surface area contributed by atoms with Gasteiger partial charge in [0.05, 0.1) is 0 Å². The smallest absolute Gasteiger partial charge is 0.000244 e. The normalized spacial score (nSPS) is 15.5. The van der Waals surface area contributed by atoms with E-state index in [1.165, 1.54) is 0 Å². The molecule has 0 aromatic heterocycles. The van der Waals surface area contributed by atoms with Gasteiger partial charge >= 0.3 is 0 Å². The monoisotopic (exact) mass is 95.0 g/mol. The van der Waals surface area contributed by atoms with E-state index < -0.39 is 0 Å². The summed E-state index contributed by atoms with van der Waals surface area (Å²) in [6.45, 7) is 0. The van der Waals surface area contributed by atoms with Gasteiger partial charge in [0.15, 0.2) is 0 Å². The third kappa shape index (κ3) is 21.1. The van der Waals surface area contributed by atoms with Crippen LogP contribution < -0.4 is 5.14 Å². The minimum Gasteiger partial charge on any atom is -0.275 e. The Kier molecular flexibility index (Phi) is 2.05. The topological polar surface area (TPSA) is 26.0 Å². The molecule has 0 saturated heterocycles. The first-order chi connectivity index (χ1) is 1.73. The van der Waals surface area contributed by atoms with E-state index in [0.29, 0.717) is 0 Å². The van der Waals surface area contributed by atoms with Crippen LogP contribution in [0.4, 0.5) is 0 Å². The maximum atomic E-state index is 4.95. The van der Waals surface area contributed by atoms with Crippen LogP contribution in [0.5, 0.6) is 0 Å². The molecule has 2 N–H and O–H groups in total. The lowest BCUT2D eigenvalue weighted by Crippen LogP contribution is -1.93. The van der Waals surface area contributed by atoms with E-state index in [2.05, 4.69) is 11.2 Å². The summed E-state index contributed by atoms with van der Waals surface area (Å²) < 4.78 is 0. The average molecular weight is 95.2 g/mol. The van der Waals surface area contributed by atoms with Crippen LogP contribution in [0.25, 0.3) is 0 Å². The zero-order chi connectivity index (χ0) is 3.58. The van der Waals surface area contributed by atoms with Crippen molar-refractivity contribution in [1.82, 2.24) is 0 Å². The molecular formula is CH5NS2. The molecule has 26 valence electrons. The molecular weight excluding hydrogens is 90.2 g/mol. The molecule has 0 saturated carbocycles. The van der Waals surface area contributed by atoms with E-state index in [0.717, 1.165) is 0 Å². The lowest BCUT2D eigenvalue weighted by atomic mass is 12.0. The molecule has 4 heavy (non-hydrogen) atoms. The van der Waals surface area contributed by atoms with Crippen molar-refractivity contribution in [3.05, 3.63) is 0 Å². The summed E-state index contributed by atoms with van der Waals surface area (Å²) in [4.78, 5) is 0. The molecule has 1 nitrogen and oxygen atoms in total. The molecule has 1 atom stereocenters. The van der Waals surface area contributed by atoms with Crippen molar-refractivity contribution < 1.29 is 0 Å². The summed E-state index contributed by atoms with van der Waals surface area (Å²) in [5, 5.41) is 4.95. The van der Waals surface area contributed by atoms with Crippen LogP contribution in [0.1, 0.15) is 0 Å². The first kappa shape index (κ1) is 4.53. The van der Waals surface area contributed by atoms with E-state index in [4.69, 9.17) is 5.14 Å². The maximum Gasteiger partial charge on any atom is -0.000244 e. The molecule has 0 radical (unpaired) electrons. The minimum absolute atomic E-state index is 0.278. The van der Waals surface area contributed by atoms with Gasteiger partial charge in [-0.25, -0.2) is 0 Å². The summed E-state index contributed by atoms with van der Waals surface area (Å²) in [6.07, 6.45) is 1.79. The third-order valence-corrected chi connectivity index (χ3v) is 0. The summed E-state index contributed by atoms with van der Waals surface area (Å²) in [5.74, 6) is 0. The van der Waals surface area contributed by atoms with Crippen LogP contribution in [0.2, 0.25) is 0 Å². The molecule has 0 bridgehead atoms. The highest BCUT2D eigenvalue weighted by Crippen LogP contribution is 1.40. The van der Waals surface area contributed by atoms with Crippen molar-refractivity contribution >= 4 is 20.8 Å². The summed E-state index contributed by atoms with van der Waals surface area (Å²) in [6, 6.07) is 0. The fraction of sp³-hybridized carbons (Fsp3) is 1.00.